The van der Waals surface area contributed by atoms with Gasteiger partial charge in [-0.2, -0.15) is 13.2 Å². The molecule has 3 N–H and O–H groups in total. The maximum Gasteiger partial charge on any atom is 0.417 e. The summed E-state index contributed by atoms with van der Waals surface area (Å²) in [6, 6.07) is 8.13. The smallest absolute Gasteiger partial charge is 0.417 e. The van der Waals surface area contributed by atoms with Crippen molar-refractivity contribution >= 4 is 11.5 Å². The molecule has 21 heavy (non-hydrogen) atoms. The molecule has 0 amide bonds. The number of ether oxygens (including phenoxy) is 1. The van der Waals surface area contributed by atoms with Crippen LogP contribution in [-0.4, -0.2) is 12.1 Å². The average Bonchev–Trinajstić information content (AvgIpc) is 2.45. The first kappa shape index (κ1) is 15.0. The number of nitrogens with two attached hydrogens (primary N) is 1. The normalized spacial score (nSPS) is 11.2. The third kappa shape index (κ3) is 3.77. The lowest BCUT2D eigenvalue weighted by molar-refractivity contribution is -0.137. The summed E-state index contributed by atoms with van der Waals surface area (Å²) < 4.78 is 42.5. The number of nitrogens with zero attached hydrogens (tertiary/aromatic N) is 1. The van der Waals surface area contributed by atoms with Gasteiger partial charge >= 0.3 is 6.18 Å². The van der Waals surface area contributed by atoms with E-state index in [2.05, 4.69) is 10.3 Å². The van der Waals surface area contributed by atoms with Crippen molar-refractivity contribution in [1.82, 2.24) is 4.98 Å². The maximum atomic E-state index is 12.5. The van der Waals surface area contributed by atoms with Crippen molar-refractivity contribution in [3.05, 3.63) is 47.7 Å². The summed E-state index contributed by atoms with van der Waals surface area (Å²) in [5.74, 6) is 0.949. The fraction of sp³-hybridized carbons (Fsp3) is 0.214. The third-order valence-corrected chi connectivity index (χ3v) is 2.86. The number of benzene rings is 1. The number of alkyl halides is 3. The molecular formula is C14H14F3N3O. The Morgan fingerprint density at radius 3 is 2.43 bits per heavy atom. The number of aromatic nitrogens is 1. The molecule has 1 aromatic heterocycles. The zero-order valence-corrected chi connectivity index (χ0v) is 11.2. The predicted octanol–water partition coefficient (Wildman–Crippen LogP) is 3.30. The molecule has 1 heterocycles. The van der Waals surface area contributed by atoms with Crippen LogP contribution >= 0.6 is 0 Å². The molecule has 112 valence electrons. The minimum absolute atomic E-state index is 0.0432. The molecule has 4 nitrogen and oxygen atoms in total. The van der Waals surface area contributed by atoms with E-state index >= 15 is 0 Å². The average molecular weight is 297 g/mol. The van der Waals surface area contributed by atoms with Crippen LogP contribution in [0, 0.1) is 0 Å². The number of anilines is 2. The van der Waals surface area contributed by atoms with Gasteiger partial charge in [0.15, 0.2) is 0 Å². The Kier molecular flexibility index (Phi) is 4.21. The summed E-state index contributed by atoms with van der Waals surface area (Å²) in [6.45, 7) is 0.395. The summed E-state index contributed by atoms with van der Waals surface area (Å²) in [5.41, 5.74) is 5.60. The number of methoxy groups -OCH3 is 1. The number of halogens is 3. The van der Waals surface area contributed by atoms with E-state index in [0.717, 1.165) is 23.6 Å². The summed E-state index contributed by atoms with van der Waals surface area (Å²) >= 11 is 0. The molecule has 2 aromatic rings. The van der Waals surface area contributed by atoms with Gasteiger partial charge in [-0.3, -0.25) is 0 Å². The van der Waals surface area contributed by atoms with Gasteiger partial charge in [-0.15, -0.1) is 0 Å². The summed E-state index contributed by atoms with van der Waals surface area (Å²) in [4.78, 5) is 3.71. The van der Waals surface area contributed by atoms with E-state index in [9.17, 15) is 13.2 Å². The second-order valence-corrected chi connectivity index (χ2v) is 4.36. The Morgan fingerprint density at radius 1 is 1.24 bits per heavy atom. The van der Waals surface area contributed by atoms with Gasteiger partial charge in [0.1, 0.15) is 11.6 Å². The lowest BCUT2D eigenvalue weighted by Gasteiger charge is -2.11. The van der Waals surface area contributed by atoms with E-state index in [1.54, 1.807) is 19.2 Å². The van der Waals surface area contributed by atoms with Gasteiger partial charge in [-0.05, 0) is 23.8 Å². The van der Waals surface area contributed by atoms with Crippen molar-refractivity contribution < 1.29 is 17.9 Å². The molecule has 0 aliphatic carbocycles. The molecule has 0 saturated carbocycles. The zero-order valence-electron chi connectivity index (χ0n) is 11.2. The van der Waals surface area contributed by atoms with Crippen molar-refractivity contribution in [2.75, 3.05) is 18.2 Å². The van der Waals surface area contributed by atoms with Crippen LogP contribution in [0.4, 0.5) is 24.7 Å². The lowest BCUT2D eigenvalue weighted by atomic mass is 10.2. The predicted molar refractivity (Wildman–Crippen MR) is 74.0 cm³/mol. The molecule has 0 fully saturated rings. The SMILES string of the molecule is COc1ccc(CNc2ncc(C(F)(F)F)cc2N)cc1. The quantitative estimate of drug-likeness (QED) is 0.909. The fourth-order valence-electron chi connectivity index (χ4n) is 1.71. The van der Waals surface area contributed by atoms with E-state index in [-0.39, 0.29) is 11.5 Å². The molecule has 0 bridgehead atoms. The van der Waals surface area contributed by atoms with Crippen molar-refractivity contribution in [2.45, 2.75) is 12.7 Å². The van der Waals surface area contributed by atoms with Gasteiger partial charge in [-0.25, -0.2) is 4.98 Å². The van der Waals surface area contributed by atoms with Crippen LogP contribution in [-0.2, 0) is 12.7 Å². The highest BCUT2D eigenvalue weighted by Gasteiger charge is 2.31. The first-order chi connectivity index (χ1) is 9.90. The number of hydrogen-bond donors (Lipinski definition) is 2. The highest BCUT2D eigenvalue weighted by molar-refractivity contribution is 5.62. The molecule has 0 radical (unpaired) electrons. The molecule has 0 spiro atoms. The topological polar surface area (TPSA) is 60.2 Å². The molecule has 0 saturated heterocycles. The number of rotatable bonds is 4. The number of hydrogen-bond acceptors (Lipinski definition) is 4. The zero-order chi connectivity index (χ0) is 15.5. The fourth-order valence-corrected chi connectivity index (χ4v) is 1.71. The van der Waals surface area contributed by atoms with Gasteiger partial charge in [-0.1, -0.05) is 12.1 Å². The molecule has 0 aliphatic heterocycles. The van der Waals surface area contributed by atoms with Crippen molar-refractivity contribution in [3.63, 3.8) is 0 Å². The lowest BCUT2D eigenvalue weighted by Crippen LogP contribution is -2.10. The Balaban J connectivity index is 2.06. The van der Waals surface area contributed by atoms with Crippen LogP contribution in [0.2, 0.25) is 0 Å². The second-order valence-electron chi connectivity index (χ2n) is 4.36. The summed E-state index contributed by atoms with van der Waals surface area (Å²) in [6.07, 6.45) is -3.69. The van der Waals surface area contributed by atoms with E-state index in [1.807, 2.05) is 12.1 Å². The number of nitrogens with one attached hydrogen (secondary N) is 1. The molecule has 0 unspecified atom stereocenters. The number of pyridine rings is 1. The molecule has 7 heteroatoms. The van der Waals surface area contributed by atoms with Crippen LogP contribution in [0.1, 0.15) is 11.1 Å². The maximum absolute atomic E-state index is 12.5. The highest BCUT2D eigenvalue weighted by atomic mass is 19.4. The summed E-state index contributed by atoms with van der Waals surface area (Å²) in [5, 5.41) is 2.90. The molecule has 2 rings (SSSR count). The van der Waals surface area contributed by atoms with Gasteiger partial charge < -0.3 is 15.8 Å². The standard InChI is InChI=1S/C14H14F3N3O/c1-21-11-4-2-9(3-5-11)7-19-13-12(18)6-10(8-20-13)14(15,16)17/h2-6,8H,7,18H2,1H3,(H,19,20). The van der Waals surface area contributed by atoms with Crippen LogP contribution < -0.4 is 15.8 Å². The molecule has 0 aliphatic rings. The van der Waals surface area contributed by atoms with Crippen LogP contribution in [0.15, 0.2) is 36.5 Å². The van der Waals surface area contributed by atoms with Crippen molar-refractivity contribution in [3.8, 4) is 5.75 Å². The third-order valence-electron chi connectivity index (χ3n) is 2.86. The van der Waals surface area contributed by atoms with Gasteiger partial charge in [0.05, 0.1) is 18.4 Å². The van der Waals surface area contributed by atoms with Crippen LogP contribution in [0.25, 0.3) is 0 Å². The van der Waals surface area contributed by atoms with Crippen molar-refractivity contribution in [2.24, 2.45) is 0 Å². The second kappa shape index (κ2) is 5.90. The minimum atomic E-state index is -4.45. The first-order valence-corrected chi connectivity index (χ1v) is 6.09. The Bertz CT molecular complexity index is 612. The van der Waals surface area contributed by atoms with E-state index in [0.29, 0.717) is 6.54 Å². The minimum Gasteiger partial charge on any atom is -0.497 e. The first-order valence-electron chi connectivity index (χ1n) is 6.09. The van der Waals surface area contributed by atoms with E-state index in [4.69, 9.17) is 10.5 Å². The van der Waals surface area contributed by atoms with Gasteiger partial charge in [0.2, 0.25) is 0 Å². The van der Waals surface area contributed by atoms with Crippen molar-refractivity contribution in [1.29, 1.82) is 0 Å². The van der Waals surface area contributed by atoms with E-state index in [1.165, 1.54) is 0 Å². The monoisotopic (exact) mass is 297 g/mol. The molecular weight excluding hydrogens is 283 g/mol. The Morgan fingerprint density at radius 2 is 1.90 bits per heavy atom. The Hall–Kier alpha value is -2.44. The number of nitrogen functional groups attached to an aromatic ring is 1. The van der Waals surface area contributed by atoms with E-state index < -0.39 is 11.7 Å². The largest absolute Gasteiger partial charge is 0.497 e. The van der Waals surface area contributed by atoms with Crippen LogP contribution in [0.5, 0.6) is 5.75 Å². The summed E-state index contributed by atoms with van der Waals surface area (Å²) in [7, 11) is 1.57. The molecule has 1 aromatic carbocycles. The molecule has 0 atom stereocenters. The Labute approximate surface area is 119 Å². The van der Waals surface area contributed by atoms with Crippen LogP contribution in [0.3, 0.4) is 0 Å². The highest BCUT2D eigenvalue weighted by Crippen LogP contribution is 2.31. The van der Waals surface area contributed by atoms with Gasteiger partial charge in [0.25, 0.3) is 0 Å². The van der Waals surface area contributed by atoms with Gasteiger partial charge in [0, 0.05) is 12.7 Å².